The summed E-state index contributed by atoms with van der Waals surface area (Å²) in [5.41, 5.74) is -2.55. The number of carbonyl (C=O) groups excluding carboxylic acids is 2. The molecule has 0 saturated carbocycles. The van der Waals surface area contributed by atoms with Gasteiger partial charge < -0.3 is 15.2 Å². The number of amides is 1. The van der Waals surface area contributed by atoms with Crippen LogP contribution in [0.1, 0.15) is 19.4 Å². The van der Waals surface area contributed by atoms with Gasteiger partial charge in [0.1, 0.15) is 11.6 Å². The number of ether oxygens (including phenoxy) is 1. The third kappa shape index (κ3) is 6.96. The smallest absolute Gasteiger partial charge is 0.418 e. The molecule has 0 aliphatic heterocycles. The normalized spacial score (nSPS) is 14.1. The lowest BCUT2D eigenvalue weighted by Crippen LogP contribution is -2.50. The summed E-state index contributed by atoms with van der Waals surface area (Å²) in [7, 11) is -4.66. The van der Waals surface area contributed by atoms with E-state index in [0.717, 1.165) is 6.92 Å². The van der Waals surface area contributed by atoms with Gasteiger partial charge in [0.05, 0.1) is 24.0 Å². The Morgan fingerprint density at radius 3 is 2.39 bits per heavy atom. The van der Waals surface area contributed by atoms with Gasteiger partial charge in [-0.2, -0.15) is 13.2 Å². The molecule has 0 aliphatic carbocycles. The summed E-state index contributed by atoms with van der Waals surface area (Å²) in [6.45, 7) is 2.54. The summed E-state index contributed by atoms with van der Waals surface area (Å²) in [6, 6.07) is -0.302. The van der Waals surface area contributed by atoms with Crippen molar-refractivity contribution < 1.29 is 45.4 Å². The van der Waals surface area contributed by atoms with Crippen LogP contribution in [0.5, 0.6) is 0 Å². The highest BCUT2D eigenvalue weighted by Crippen LogP contribution is 2.35. The molecule has 1 rings (SSSR count). The Labute approximate surface area is 157 Å². The van der Waals surface area contributed by atoms with Crippen LogP contribution in [-0.4, -0.2) is 49.9 Å². The number of hydrogen-bond donors (Lipinski definition) is 3. The molecule has 158 valence electrons. The van der Waals surface area contributed by atoms with Gasteiger partial charge in [-0.25, -0.2) is 17.6 Å². The predicted octanol–water partition coefficient (Wildman–Crippen LogP) is 1.01. The number of aliphatic hydroxyl groups is 1. The highest BCUT2D eigenvalue weighted by atomic mass is 32.2. The summed E-state index contributed by atoms with van der Waals surface area (Å²) >= 11 is 0. The molecule has 1 aromatic rings. The van der Waals surface area contributed by atoms with E-state index >= 15 is 0 Å². The summed E-state index contributed by atoms with van der Waals surface area (Å²) in [4.78, 5) is 23.5. The topological polar surface area (TPSA) is 122 Å². The van der Waals surface area contributed by atoms with Gasteiger partial charge >= 0.3 is 12.1 Å². The average Bonchev–Trinajstić information content (AvgIpc) is 2.52. The van der Waals surface area contributed by atoms with Gasteiger partial charge in [-0.3, -0.25) is 9.52 Å². The van der Waals surface area contributed by atoms with Crippen LogP contribution in [-0.2, 0) is 30.5 Å². The molecule has 2 unspecified atom stereocenters. The Balaban J connectivity index is 2.95. The summed E-state index contributed by atoms with van der Waals surface area (Å²) in [5.74, 6) is -4.89. The fourth-order valence-corrected chi connectivity index (χ4v) is 3.05. The second kappa shape index (κ2) is 9.19. The van der Waals surface area contributed by atoms with Crippen LogP contribution in [0.25, 0.3) is 0 Å². The molecule has 0 spiro atoms. The molecule has 13 heteroatoms. The molecular formula is C15H18F4N2O6S. The molecule has 0 aliphatic rings. The van der Waals surface area contributed by atoms with E-state index in [9.17, 15) is 40.7 Å². The van der Waals surface area contributed by atoms with Gasteiger partial charge in [0.2, 0.25) is 15.9 Å². The maximum absolute atomic E-state index is 13.1. The number of alkyl halides is 3. The van der Waals surface area contributed by atoms with Crippen LogP contribution >= 0.6 is 0 Å². The first-order chi connectivity index (χ1) is 12.8. The fraction of sp³-hybridized carbons (Fsp3) is 0.467. The molecule has 28 heavy (non-hydrogen) atoms. The van der Waals surface area contributed by atoms with E-state index in [1.54, 1.807) is 4.72 Å². The van der Waals surface area contributed by atoms with Crippen molar-refractivity contribution in [1.29, 1.82) is 0 Å². The third-order valence-electron chi connectivity index (χ3n) is 3.21. The average molecular weight is 430 g/mol. The number of nitrogens with one attached hydrogen (secondary N) is 2. The lowest BCUT2D eigenvalue weighted by atomic mass is 10.2. The van der Waals surface area contributed by atoms with Crippen molar-refractivity contribution in [2.75, 3.05) is 17.1 Å². The number of esters is 1. The van der Waals surface area contributed by atoms with Crippen LogP contribution in [0, 0.1) is 5.82 Å². The van der Waals surface area contributed by atoms with Crippen LogP contribution < -0.4 is 10.0 Å². The van der Waals surface area contributed by atoms with Crippen molar-refractivity contribution in [3.8, 4) is 0 Å². The fourth-order valence-electron chi connectivity index (χ4n) is 2.04. The lowest BCUT2D eigenvalue weighted by Gasteiger charge is -2.20. The highest BCUT2D eigenvalue weighted by molar-refractivity contribution is 7.93. The summed E-state index contributed by atoms with van der Waals surface area (Å²) in [6.07, 6.45) is -6.48. The van der Waals surface area contributed by atoms with Crippen LogP contribution in [0.15, 0.2) is 18.2 Å². The Kier molecular flexibility index (Phi) is 7.75. The van der Waals surface area contributed by atoms with E-state index in [4.69, 9.17) is 0 Å². The number of halogens is 4. The zero-order chi connectivity index (χ0) is 21.7. The van der Waals surface area contributed by atoms with E-state index in [2.05, 4.69) is 4.74 Å². The Hall–Kier alpha value is -2.41. The Morgan fingerprint density at radius 2 is 1.89 bits per heavy atom. The van der Waals surface area contributed by atoms with Crippen molar-refractivity contribution >= 4 is 27.6 Å². The molecule has 0 saturated heterocycles. The van der Waals surface area contributed by atoms with Gasteiger partial charge in [0.15, 0.2) is 6.04 Å². The second-order valence-electron chi connectivity index (χ2n) is 5.59. The number of aliphatic hydroxyl groups excluding tert-OH is 1. The van der Waals surface area contributed by atoms with Gasteiger partial charge in [-0.15, -0.1) is 0 Å². The zero-order valence-corrected chi connectivity index (χ0v) is 15.5. The van der Waals surface area contributed by atoms with E-state index in [1.807, 2.05) is 5.32 Å². The Morgan fingerprint density at radius 1 is 1.29 bits per heavy atom. The number of hydrogen-bond acceptors (Lipinski definition) is 6. The molecule has 1 amide bonds. The first-order valence-electron chi connectivity index (χ1n) is 7.78. The molecule has 0 radical (unpaired) electrons. The number of carbonyl (C=O) groups is 2. The van der Waals surface area contributed by atoms with E-state index in [-0.39, 0.29) is 12.7 Å². The van der Waals surface area contributed by atoms with Gasteiger partial charge in [0.25, 0.3) is 0 Å². The van der Waals surface area contributed by atoms with Gasteiger partial charge in [-0.05, 0) is 32.0 Å². The molecule has 0 aromatic heterocycles. The number of rotatable bonds is 8. The zero-order valence-electron chi connectivity index (χ0n) is 14.7. The Bertz CT molecular complexity index is 826. The molecule has 2 atom stereocenters. The van der Waals surface area contributed by atoms with Crippen molar-refractivity contribution in [1.82, 2.24) is 5.32 Å². The van der Waals surface area contributed by atoms with E-state index in [1.165, 1.54) is 6.92 Å². The molecule has 1 aromatic carbocycles. The van der Waals surface area contributed by atoms with Crippen LogP contribution in [0.4, 0.5) is 23.2 Å². The SMILES string of the molecule is CCOC(=O)C(NC(=O)CS(=O)(=O)Nc1ccc(F)cc1C(F)(F)F)C(C)O. The predicted molar refractivity (Wildman–Crippen MR) is 89.1 cm³/mol. The molecule has 0 heterocycles. The number of benzene rings is 1. The molecular weight excluding hydrogens is 412 g/mol. The highest BCUT2D eigenvalue weighted by Gasteiger charge is 2.35. The van der Waals surface area contributed by atoms with Crippen molar-refractivity contribution in [2.24, 2.45) is 0 Å². The van der Waals surface area contributed by atoms with E-state index < -0.39 is 63.0 Å². The minimum Gasteiger partial charge on any atom is -0.464 e. The van der Waals surface area contributed by atoms with Crippen LogP contribution in [0.2, 0.25) is 0 Å². The monoisotopic (exact) mass is 430 g/mol. The third-order valence-corrected chi connectivity index (χ3v) is 4.39. The molecule has 0 fully saturated rings. The minimum atomic E-state index is -5.05. The maximum atomic E-state index is 13.1. The number of sulfonamides is 1. The molecule has 0 bridgehead atoms. The standard InChI is InChI=1S/C15H18F4N2O6S/c1-3-27-14(24)13(8(2)22)20-12(23)7-28(25,26)21-11-5-4-9(16)6-10(11)15(17,18)19/h4-6,8,13,21-22H,3,7H2,1-2H3,(H,20,23). The second-order valence-corrected chi connectivity index (χ2v) is 7.31. The number of anilines is 1. The van der Waals surface area contributed by atoms with Crippen molar-refractivity contribution in [3.63, 3.8) is 0 Å². The minimum absolute atomic E-state index is 0.0669. The van der Waals surface area contributed by atoms with Gasteiger partial charge in [-0.1, -0.05) is 0 Å². The first kappa shape index (κ1) is 23.6. The summed E-state index contributed by atoms with van der Waals surface area (Å²) < 4.78 is 82.0. The quantitative estimate of drug-likeness (QED) is 0.418. The lowest BCUT2D eigenvalue weighted by molar-refractivity contribution is -0.150. The molecule has 8 nitrogen and oxygen atoms in total. The largest absolute Gasteiger partial charge is 0.464 e. The van der Waals surface area contributed by atoms with Crippen molar-refractivity contribution in [3.05, 3.63) is 29.6 Å². The van der Waals surface area contributed by atoms with Crippen LogP contribution in [0.3, 0.4) is 0 Å². The van der Waals surface area contributed by atoms with E-state index in [0.29, 0.717) is 12.1 Å². The summed E-state index contributed by atoms with van der Waals surface area (Å²) in [5, 5.41) is 11.4. The molecule has 3 N–H and O–H groups in total. The van der Waals surface area contributed by atoms with Crippen molar-refractivity contribution in [2.45, 2.75) is 32.2 Å². The maximum Gasteiger partial charge on any atom is 0.418 e. The van der Waals surface area contributed by atoms with Gasteiger partial charge in [0, 0.05) is 0 Å². The first-order valence-corrected chi connectivity index (χ1v) is 9.43.